The maximum absolute atomic E-state index is 11.9. The highest BCUT2D eigenvalue weighted by molar-refractivity contribution is 5.83. The van der Waals surface area contributed by atoms with Crippen molar-refractivity contribution in [2.24, 2.45) is 5.10 Å². The number of hydrazone groups is 1. The van der Waals surface area contributed by atoms with Crippen molar-refractivity contribution >= 4 is 12.1 Å². The summed E-state index contributed by atoms with van der Waals surface area (Å²) in [5.41, 5.74) is 5.37. The number of nitrogens with zero attached hydrogens (tertiary/aromatic N) is 1. The molecule has 0 heterocycles. The monoisotopic (exact) mass is 330 g/mol. The second-order valence-electron chi connectivity index (χ2n) is 5.35. The van der Waals surface area contributed by atoms with Crippen LogP contribution in [0.4, 0.5) is 0 Å². The summed E-state index contributed by atoms with van der Waals surface area (Å²) in [6.07, 6.45) is 1.59. The lowest BCUT2D eigenvalue weighted by Gasteiger charge is -2.10. The van der Waals surface area contributed by atoms with Crippen molar-refractivity contribution in [1.82, 2.24) is 5.43 Å². The standard InChI is InChI=1S/C21H18N2O2/c24-21(23-22-15-17-9-3-1-4-10-17)16-25-20-14-8-7-13-19(20)18-11-5-2-6-12-18/h1-15H,16H2,(H,23,24). The van der Waals surface area contributed by atoms with E-state index in [0.29, 0.717) is 5.75 Å². The van der Waals surface area contributed by atoms with Crippen molar-refractivity contribution in [3.05, 3.63) is 90.5 Å². The van der Waals surface area contributed by atoms with Gasteiger partial charge in [-0.15, -0.1) is 0 Å². The van der Waals surface area contributed by atoms with Gasteiger partial charge in [0.25, 0.3) is 5.91 Å². The van der Waals surface area contributed by atoms with Crippen LogP contribution in [-0.4, -0.2) is 18.7 Å². The van der Waals surface area contributed by atoms with Crippen molar-refractivity contribution in [3.8, 4) is 16.9 Å². The second kappa shape index (κ2) is 8.45. The van der Waals surface area contributed by atoms with Crippen LogP contribution in [0.1, 0.15) is 5.56 Å². The lowest BCUT2D eigenvalue weighted by Crippen LogP contribution is -2.24. The molecule has 25 heavy (non-hydrogen) atoms. The molecule has 0 spiro atoms. The van der Waals surface area contributed by atoms with Gasteiger partial charge in [-0.2, -0.15) is 5.10 Å². The molecule has 0 aliphatic heterocycles. The molecule has 3 aromatic rings. The molecule has 0 atom stereocenters. The van der Waals surface area contributed by atoms with Gasteiger partial charge >= 0.3 is 0 Å². The van der Waals surface area contributed by atoms with E-state index in [1.165, 1.54) is 0 Å². The van der Waals surface area contributed by atoms with E-state index < -0.39 is 0 Å². The van der Waals surface area contributed by atoms with E-state index in [0.717, 1.165) is 16.7 Å². The molecule has 3 aromatic carbocycles. The number of nitrogens with one attached hydrogen (secondary N) is 1. The highest BCUT2D eigenvalue weighted by Gasteiger charge is 2.07. The van der Waals surface area contributed by atoms with Crippen LogP contribution in [0.25, 0.3) is 11.1 Å². The molecule has 0 aromatic heterocycles. The Kier molecular flexibility index (Phi) is 5.56. The number of benzene rings is 3. The van der Waals surface area contributed by atoms with E-state index in [9.17, 15) is 4.79 Å². The van der Waals surface area contributed by atoms with Gasteiger partial charge in [0, 0.05) is 5.56 Å². The van der Waals surface area contributed by atoms with E-state index in [1.807, 2.05) is 84.9 Å². The van der Waals surface area contributed by atoms with Crippen LogP contribution in [0.2, 0.25) is 0 Å². The minimum Gasteiger partial charge on any atom is -0.483 e. The fourth-order valence-electron chi connectivity index (χ4n) is 2.34. The Bertz CT molecular complexity index is 846. The molecule has 4 heteroatoms. The first-order valence-corrected chi connectivity index (χ1v) is 7.97. The Labute approximate surface area is 146 Å². The van der Waals surface area contributed by atoms with Crippen LogP contribution < -0.4 is 10.2 Å². The molecule has 0 unspecified atom stereocenters. The number of carbonyl (C=O) groups is 1. The van der Waals surface area contributed by atoms with E-state index in [2.05, 4.69) is 10.5 Å². The third-order valence-corrected chi connectivity index (χ3v) is 3.53. The van der Waals surface area contributed by atoms with Crippen molar-refractivity contribution in [2.45, 2.75) is 0 Å². The Balaban J connectivity index is 1.59. The first-order valence-electron chi connectivity index (χ1n) is 7.97. The third-order valence-electron chi connectivity index (χ3n) is 3.53. The average molecular weight is 330 g/mol. The first-order chi connectivity index (χ1) is 12.3. The van der Waals surface area contributed by atoms with Crippen LogP contribution in [0.3, 0.4) is 0 Å². The van der Waals surface area contributed by atoms with Gasteiger partial charge in [-0.1, -0.05) is 78.9 Å². The molecule has 0 aliphatic carbocycles. The number of rotatable bonds is 6. The van der Waals surface area contributed by atoms with Crippen LogP contribution in [0.15, 0.2) is 90.0 Å². The summed E-state index contributed by atoms with van der Waals surface area (Å²) in [5.74, 6) is 0.353. The quantitative estimate of drug-likeness (QED) is 0.551. The van der Waals surface area contributed by atoms with Crippen LogP contribution in [0.5, 0.6) is 5.75 Å². The van der Waals surface area contributed by atoms with E-state index in [1.54, 1.807) is 6.21 Å². The number of ether oxygens (including phenoxy) is 1. The van der Waals surface area contributed by atoms with E-state index >= 15 is 0 Å². The van der Waals surface area contributed by atoms with Crippen molar-refractivity contribution < 1.29 is 9.53 Å². The molecule has 3 rings (SSSR count). The first kappa shape index (κ1) is 16.5. The number of hydrogen-bond donors (Lipinski definition) is 1. The Morgan fingerprint density at radius 2 is 1.52 bits per heavy atom. The number of hydrogen-bond acceptors (Lipinski definition) is 3. The summed E-state index contributed by atoms with van der Waals surface area (Å²) in [4.78, 5) is 11.9. The lowest BCUT2D eigenvalue weighted by atomic mass is 10.1. The fraction of sp³-hybridized carbons (Fsp3) is 0.0476. The Hall–Kier alpha value is -3.40. The summed E-state index contributed by atoms with van der Waals surface area (Å²) in [6.45, 7) is -0.101. The smallest absolute Gasteiger partial charge is 0.277 e. The van der Waals surface area contributed by atoms with Crippen LogP contribution in [0, 0.1) is 0 Å². The Morgan fingerprint density at radius 1 is 0.880 bits per heavy atom. The van der Waals surface area contributed by atoms with Gasteiger partial charge in [-0.3, -0.25) is 4.79 Å². The molecule has 0 bridgehead atoms. The van der Waals surface area contributed by atoms with Gasteiger partial charge in [0.2, 0.25) is 0 Å². The average Bonchev–Trinajstić information content (AvgIpc) is 2.68. The third kappa shape index (κ3) is 4.78. The van der Waals surface area contributed by atoms with Gasteiger partial charge < -0.3 is 4.74 Å². The molecule has 0 saturated carbocycles. The Morgan fingerprint density at radius 3 is 2.28 bits per heavy atom. The van der Waals surface area contributed by atoms with Gasteiger partial charge in [0.15, 0.2) is 6.61 Å². The number of carbonyl (C=O) groups excluding carboxylic acids is 1. The molecule has 0 saturated heterocycles. The molecule has 1 N–H and O–H groups in total. The largest absolute Gasteiger partial charge is 0.483 e. The van der Waals surface area contributed by atoms with E-state index in [4.69, 9.17) is 4.74 Å². The van der Waals surface area contributed by atoms with Gasteiger partial charge in [-0.05, 0) is 17.2 Å². The SMILES string of the molecule is O=C(COc1ccccc1-c1ccccc1)NN=Cc1ccccc1. The molecule has 4 nitrogen and oxygen atoms in total. The topological polar surface area (TPSA) is 50.7 Å². The second-order valence-corrected chi connectivity index (χ2v) is 5.35. The molecular weight excluding hydrogens is 312 g/mol. The summed E-state index contributed by atoms with van der Waals surface area (Å²) < 4.78 is 5.67. The molecule has 0 fully saturated rings. The van der Waals surface area contributed by atoms with E-state index in [-0.39, 0.29) is 12.5 Å². The maximum Gasteiger partial charge on any atom is 0.277 e. The van der Waals surface area contributed by atoms with Gasteiger partial charge in [0.1, 0.15) is 5.75 Å². The van der Waals surface area contributed by atoms with Crippen molar-refractivity contribution in [3.63, 3.8) is 0 Å². The zero-order valence-electron chi connectivity index (χ0n) is 13.6. The predicted octanol–water partition coefficient (Wildman–Crippen LogP) is 3.88. The minimum atomic E-state index is -0.310. The van der Waals surface area contributed by atoms with Crippen molar-refractivity contribution in [2.75, 3.05) is 6.61 Å². The van der Waals surface area contributed by atoms with Crippen LogP contribution in [-0.2, 0) is 4.79 Å². The highest BCUT2D eigenvalue weighted by Crippen LogP contribution is 2.29. The summed E-state index contributed by atoms with van der Waals surface area (Å²) >= 11 is 0. The summed E-state index contributed by atoms with van der Waals surface area (Å²) in [7, 11) is 0. The minimum absolute atomic E-state index is 0.101. The zero-order chi connectivity index (χ0) is 17.3. The molecular formula is C21H18N2O2. The normalized spacial score (nSPS) is 10.6. The maximum atomic E-state index is 11.9. The van der Waals surface area contributed by atoms with Gasteiger partial charge in [-0.25, -0.2) is 5.43 Å². The predicted molar refractivity (Wildman–Crippen MR) is 99.6 cm³/mol. The van der Waals surface area contributed by atoms with Crippen molar-refractivity contribution in [1.29, 1.82) is 0 Å². The molecule has 0 aliphatic rings. The molecule has 124 valence electrons. The summed E-state index contributed by atoms with van der Waals surface area (Å²) in [6, 6.07) is 27.1. The van der Waals surface area contributed by atoms with Crippen LogP contribution >= 0.6 is 0 Å². The highest BCUT2D eigenvalue weighted by atomic mass is 16.5. The fourth-order valence-corrected chi connectivity index (χ4v) is 2.34. The molecule has 0 radical (unpaired) electrons. The number of para-hydroxylation sites is 1. The number of amides is 1. The zero-order valence-corrected chi connectivity index (χ0v) is 13.6. The lowest BCUT2D eigenvalue weighted by molar-refractivity contribution is -0.123. The van der Waals surface area contributed by atoms with Gasteiger partial charge in [0.05, 0.1) is 6.21 Å². The summed E-state index contributed by atoms with van der Waals surface area (Å²) in [5, 5.41) is 3.93. The molecule has 1 amide bonds.